The zero-order valence-electron chi connectivity index (χ0n) is 18.6. The summed E-state index contributed by atoms with van der Waals surface area (Å²) < 4.78 is 7.11. The van der Waals surface area contributed by atoms with Crippen LogP contribution in [0.4, 0.5) is 0 Å². The standard InChI is InChI=1S/C25H29N3O3/c1-5-6-7-28-15-22(21-14-18(4)26-23(21)25(28)30)19-12-17(3)20(13-16(19)2)24(29)27-8-10-31-11-9-27/h5-6,12-15,26H,7-11H2,1-4H3/b6-5+. The predicted molar refractivity (Wildman–Crippen MR) is 124 cm³/mol. The molecule has 0 saturated carbocycles. The number of aromatic nitrogens is 2. The van der Waals surface area contributed by atoms with Gasteiger partial charge in [0.1, 0.15) is 5.52 Å². The molecule has 2 aromatic heterocycles. The maximum absolute atomic E-state index is 13.1. The Labute approximate surface area is 182 Å². The lowest BCUT2D eigenvalue weighted by Gasteiger charge is -2.27. The highest BCUT2D eigenvalue weighted by atomic mass is 16.5. The lowest BCUT2D eigenvalue weighted by Crippen LogP contribution is -2.41. The minimum Gasteiger partial charge on any atom is -0.378 e. The first kappa shape index (κ1) is 21.1. The molecule has 3 aromatic rings. The molecule has 1 amide bonds. The highest BCUT2D eigenvalue weighted by Crippen LogP contribution is 2.32. The van der Waals surface area contributed by atoms with Gasteiger partial charge in [0.2, 0.25) is 0 Å². The number of pyridine rings is 1. The summed E-state index contributed by atoms with van der Waals surface area (Å²) in [5, 5.41) is 0.911. The fourth-order valence-electron chi connectivity index (χ4n) is 4.24. The molecule has 6 heteroatoms. The number of rotatable bonds is 4. The number of carbonyl (C=O) groups excluding carboxylic acids is 1. The van der Waals surface area contributed by atoms with Crippen LogP contribution in [-0.2, 0) is 11.3 Å². The van der Waals surface area contributed by atoms with Crippen molar-refractivity contribution >= 4 is 16.8 Å². The summed E-state index contributed by atoms with van der Waals surface area (Å²) in [4.78, 5) is 31.1. The summed E-state index contributed by atoms with van der Waals surface area (Å²) in [6.45, 7) is 10.8. The Morgan fingerprint density at radius 3 is 2.55 bits per heavy atom. The lowest BCUT2D eigenvalue weighted by atomic mass is 9.93. The molecule has 0 bridgehead atoms. The molecule has 4 rings (SSSR count). The van der Waals surface area contributed by atoms with E-state index in [0.717, 1.165) is 38.9 Å². The Bertz CT molecular complexity index is 1230. The number of hydrogen-bond acceptors (Lipinski definition) is 3. The molecular formula is C25H29N3O3. The van der Waals surface area contributed by atoms with Gasteiger partial charge < -0.3 is 19.2 Å². The van der Waals surface area contributed by atoms with Gasteiger partial charge in [-0.05, 0) is 56.5 Å². The van der Waals surface area contributed by atoms with Gasteiger partial charge in [0.25, 0.3) is 11.5 Å². The molecule has 0 aliphatic carbocycles. The minimum absolute atomic E-state index is 0.0292. The smallest absolute Gasteiger partial charge is 0.275 e. The number of nitrogens with zero attached hydrogens (tertiary/aromatic N) is 2. The van der Waals surface area contributed by atoms with Crippen molar-refractivity contribution in [2.45, 2.75) is 34.2 Å². The molecule has 0 spiro atoms. The summed E-state index contributed by atoms with van der Waals surface area (Å²) in [6, 6.07) is 6.08. The van der Waals surface area contributed by atoms with E-state index in [1.807, 2.05) is 63.1 Å². The highest BCUT2D eigenvalue weighted by molar-refractivity contribution is 5.99. The van der Waals surface area contributed by atoms with Gasteiger partial charge in [0, 0.05) is 48.0 Å². The molecule has 162 valence electrons. The minimum atomic E-state index is -0.0292. The van der Waals surface area contributed by atoms with Crippen LogP contribution in [0.2, 0.25) is 0 Å². The molecule has 1 aliphatic rings. The van der Waals surface area contributed by atoms with E-state index in [9.17, 15) is 9.59 Å². The van der Waals surface area contributed by atoms with Gasteiger partial charge in [-0.15, -0.1) is 0 Å². The van der Waals surface area contributed by atoms with Gasteiger partial charge >= 0.3 is 0 Å². The molecule has 0 unspecified atom stereocenters. The van der Waals surface area contributed by atoms with Crippen LogP contribution in [-0.4, -0.2) is 46.7 Å². The van der Waals surface area contributed by atoms with Crippen LogP contribution in [0.25, 0.3) is 22.0 Å². The Morgan fingerprint density at radius 1 is 1.10 bits per heavy atom. The second-order valence-corrected chi connectivity index (χ2v) is 8.20. The topological polar surface area (TPSA) is 67.3 Å². The zero-order valence-corrected chi connectivity index (χ0v) is 18.6. The third kappa shape index (κ3) is 3.95. The maximum atomic E-state index is 13.1. The predicted octanol–water partition coefficient (Wildman–Crippen LogP) is 3.97. The van der Waals surface area contributed by atoms with Crippen LogP contribution >= 0.6 is 0 Å². The van der Waals surface area contributed by atoms with E-state index in [4.69, 9.17) is 4.74 Å². The molecule has 1 fully saturated rings. The molecule has 0 radical (unpaired) electrons. The van der Waals surface area contributed by atoms with Gasteiger partial charge in [0.05, 0.1) is 13.2 Å². The molecule has 6 nitrogen and oxygen atoms in total. The average molecular weight is 420 g/mol. The van der Waals surface area contributed by atoms with E-state index in [-0.39, 0.29) is 11.5 Å². The fourth-order valence-corrected chi connectivity index (χ4v) is 4.24. The van der Waals surface area contributed by atoms with Gasteiger partial charge in [-0.1, -0.05) is 18.2 Å². The summed E-state index contributed by atoms with van der Waals surface area (Å²) in [5.41, 5.74) is 6.24. The number of nitrogens with one attached hydrogen (secondary N) is 1. The molecule has 1 aromatic carbocycles. The highest BCUT2D eigenvalue weighted by Gasteiger charge is 2.22. The monoisotopic (exact) mass is 419 g/mol. The molecular weight excluding hydrogens is 390 g/mol. The Kier molecular flexibility index (Phi) is 5.83. The third-order valence-electron chi connectivity index (χ3n) is 5.93. The number of H-pyrrole nitrogens is 1. The van der Waals surface area contributed by atoms with E-state index < -0.39 is 0 Å². The van der Waals surface area contributed by atoms with Crippen LogP contribution < -0.4 is 5.56 Å². The number of hydrogen-bond donors (Lipinski definition) is 1. The zero-order chi connectivity index (χ0) is 22.1. The number of benzene rings is 1. The molecule has 3 heterocycles. The van der Waals surface area contributed by atoms with Crippen molar-refractivity contribution in [3.63, 3.8) is 0 Å². The molecule has 1 N–H and O–H groups in total. The van der Waals surface area contributed by atoms with Gasteiger partial charge in [-0.2, -0.15) is 0 Å². The van der Waals surface area contributed by atoms with Crippen molar-refractivity contribution in [2.75, 3.05) is 26.3 Å². The number of allylic oxidation sites excluding steroid dienone is 2. The number of morpholine rings is 1. The summed E-state index contributed by atoms with van der Waals surface area (Å²) in [6.07, 6.45) is 5.84. The van der Waals surface area contributed by atoms with Crippen LogP contribution in [0, 0.1) is 20.8 Å². The van der Waals surface area contributed by atoms with Crippen molar-refractivity contribution in [1.82, 2.24) is 14.5 Å². The quantitative estimate of drug-likeness (QED) is 0.651. The first-order valence-corrected chi connectivity index (χ1v) is 10.7. The maximum Gasteiger partial charge on any atom is 0.275 e. The van der Waals surface area contributed by atoms with E-state index in [2.05, 4.69) is 11.1 Å². The Morgan fingerprint density at radius 2 is 1.84 bits per heavy atom. The van der Waals surface area contributed by atoms with Gasteiger partial charge in [-0.3, -0.25) is 9.59 Å². The number of aromatic amines is 1. The van der Waals surface area contributed by atoms with Crippen LogP contribution in [0.3, 0.4) is 0 Å². The van der Waals surface area contributed by atoms with Gasteiger partial charge in [-0.25, -0.2) is 0 Å². The second-order valence-electron chi connectivity index (χ2n) is 8.20. The van der Waals surface area contributed by atoms with Crippen molar-refractivity contribution in [2.24, 2.45) is 0 Å². The molecule has 0 atom stereocenters. The summed E-state index contributed by atoms with van der Waals surface area (Å²) in [5.74, 6) is 0.0520. The fraction of sp³-hybridized carbons (Fsp3) is 0.360. The van der Waals surface area contributed by atoms with Crippen molar-refractivity contribution in [3.8, 4) is 11.1 Å². The van der Waals surface area contributed by atoms with Crippen molar-refractivity contribution < 1.29 is 9.53 Å². The van der Waals surface area contributed by atoms with E-state index in [0.29, 0.717) is 38.4 Å². The van der Waals surface area contributed by atoms with Crippen molar-refractivity contribution in [1.29, 1.82) is 0 Å². The largest absolute Gasteiger partial charge is 0.378 e. The van der Waals surface area contributed by atoms with Crippen LogP contribution in [0.1, 0.15) is 34.1 Å². The second kappa shape index (κ2) is 8.55. The summed E-state index contributed by atoms with van der Waals surface area (Å²) >= 11 is 0. The molecule has 1 saturated heterocycles. The number of amides is 1. The number of carbonyl (C=O) groups is 1. The first-order chi connectivity index (χ1) is 14.9. The van der Waals surface area contributed by atoms with E-state index in [1.165, 1.54) is 0 Å². The number of ether oxygens (including phenoxy) is 1. The Hall–Kier alpha value is -3.12. The number of aryl methyl sites for hydroxylation is 3. The van der Waals surface area contributed by atoms with Crippen molar-refractivity contribution in [3.05, 3.63) is 69.3 Å². The molecule has 31 heavy (non-hydrogen) atoms. The van der Waals surface area contributed by atoms with Gasteiger partial charge in [0.15, 0.2) is 0 Å². The third-order valence-corrected chi connectivity index (χ3v) is 5.93. The summed E-state index contributed by atoms with van der Waals surface area (Å²) in [7, 11) is 0. The molecule has 1 aliphatic heterocycles. The van der Waals surface area contributed by atoms with Crippen LogP contribution in [0.15, 0.2) is 41.3 Å². The SMILES string of the molecule is C/C=C/Cn1cc(-c2cc(C)c(C(=O)N3CCOCC3)cc2C)c2cc(C)[nH]c2c1=O. The normalized spacial score (nSPS) is 14.6. The Balaban J connectivity index is 1.84. The van der Waals surface area contributed by atoms with E-state index in [1.54, 1.807) is 4.57 Å². The lowest BCUT2D eigenvalue weighted by molar-refractivity contribution is 0.0302. The number of fused-ring (bicyclic) bond motifs is 1. The first-order valence-electron chi connectivity index (χ1n) is 10.7. The van der Waals surface area contributed by atoms with E-state index >= 15 is 0 Å². The average Bonchev–Trinajstić information content (AvgIpc) is 3.17. The van der Waals surface area contributed by atoms with Crippen LogP contribution in [0.5, 0.6) is 0 Å².